The van der Waals surface area contributed by atoms with E-state index >= 15 is 0 Å². The normalized spacial score (nSPS) is 18.1. The van der Waals surface area contributed by atoms with E-state index in [1.807, 2.05) is 18.2 Å². The van der Waals surface area contributed by atoms with E-state index in [9.17, 15) is 8.42 Å². The number of aromatic amines is 1. The van der Waals surface area contributed by atoms with Gasteiger partial charge in [-0.3, -0.25) is 5.10 Å². The molecule has 0 amide bonds. The first-order valence-corrected chi connectivity index (χ1v) is 8.03. The van der Waals surface area contributed by atoms with E-state index in [1.54, 1.807) is 6.20 Å². The van der Waals surface area contributed by atoms with Gasteiger partial charge in [0, 0.05) is 31.6 Å². The topological polar surface area (TPSA) is 69.3 Å². The van der Waals surface area contributed by atoms with Crippen LogP contribution in [0.15, 0.2) is 24.4 Å². The predicted molar refractivity (Wildman–Crippen MR) is 74.7 cm³/mol. The minimum atomic E-state index is -3.08. The zero-order chi connectivity index (χ0) is 13.5. The quantitative estimate of drug-likeness (QED) is 0.876. The molecule has 0 unspecified atom stereocenters. The third kappa shape index (κ3) is 2.31. The van der Waals surface area contributed by atoms with Crippen molar-refractivity contribution in [1.82, 2.24) is 14.5 Å². The van der Waals surface area contributed by atoms with E-state index in [0.717, 1.165) is 16.6 Å². The number of anilines is 1. The number of para-hydroxylation sites is 1. The monoisotopic (exact) mass is 280 g/mol. The molecule has 0 spiro atoms. The second-order valence-corrected chi connectivity index (χ2v) is 6.74. The van der Waals surface area contributed by atoms with Crippen molar-refractivity contribution in [3.63, 3.8) is 0 Å². The minimum Gasteiger partial charge on any atom is -0.367 e. The summed E-state index contributed by atoms with van der Waals surface area (Å²) in [7, 11) is -3.08. The van der Waals surface area contributed by atoms with Gasteiger partial charge in [0.05, 0.1) is 23.7 Å². The number of hydrogen-bond donors (Lipinski definition) is 1. The molecule has 3 rings (SSSR count). The molecule has 0 saturated carbocycles. The van der Waals surface area contributed by atoms with E-state index in [1.165, 1.54) is 10.6 Å². The Morgan fingerprint density at radius 2 is 1.95 bits per heavy atom. The van der Waals surface area contributed by atoms with Crippen molar-refractivity contribution in [3.8, 4) is 0 Å². The summed E-state index contributed by atoms with van der Waals surface area (Å²) in [5, 5.41) is 8.13. The predicted octanol–water partition coefficient (Wildman–Crippen LogP) is 0.644. The largest absolute Gasteiger partial charge is 0.367 e. The van der Waals surface area contributed by atoms with Crippen molar-refractivity contribution in [2.24, 2.45) is 0 Å². The van der Waals surface area contributed by atoms with Crippen molar-refractivity contribution in [1.29, 1.82) is 0 Å². The Morgan fingerprint density at radius 3 is 2.63 bits per heavy atom. The highest BCUT2D eigenvalue weighted by molar-refractivity contribution is 7.88. The average Bonchev–Trinajstić information content (AvgIpc) is 2.86. The van der Waals surface area contributed by atoms with Crippen LogP contribution in [0, 0.1) is 0 Å². The van der Waals surface area contributed by atoms with Crippen molar-refractivity contribution >= 4 is 26.6 Å². The van der Waals surface area contributed by atoms with E-state index in [-0.39, 0.29) is 0 Å². The Hall–Kier alpha value is -1.60. The Balaban J connectivity index is 1.84. The molecule has 0 aliphatic carbocycles. The molecule has 1 aromatic heterocycles. The fourth-order valence-corrected chi connectivity index (χ4v) is 3.30. The molecule has 2 aromatic rings. The standard InChI is InChI=1S/C12H16N4O2S/c1-19(17,18)16-7-5-15(6-8-16)11-4-2-3-10-9-13-14-12(10)11/h2-4,9H,5-8H2,1H3,(H,13,14). The van der Waals surface area contributed by atoms with Gasteiger partial charge in [-0.2, -0.15) is 9.40 Å². The van der Waals surface area contributed by atoms with Gasteiger partial charge in [-0.25, -0.2) is 8.42 Å². The van der Waals surface area contributed by atoms with Gasteiger partial charge in [0.25, 0.3) is 0 Å². The lowest BCUT2D eigenvalue weighted by Crippen LogP contribution is -2.48. The number of nitrogens with zero attached hydrogens (tertiary/aromatic N) is 3. The van der Waals surface area contributed by atoms with E-state index < -0.39 is 10.0 Å². The number of H-pyrrole nitrogens is 1. The van der Waals surface area contributed by atoms with Crippen LogP contribution in [0.5, 0.6) is 0 Å². The molecule has 1 N–H and O–H groups in total. The van der Waals surface area contributed by atoms with Crippen LogP contribution < -0.4 is 4.90 Å². The Labute approximate surface area is 112 Å². The van der Waals surface area contributed by atoms with E-state index in [2.05, 4.69) is 15.1 Å². The summed E-state index contributed by atoms with van der Waals surface area (Å²) in [6.07, 6.45) is 3.06. The van der Waals surface area contributed by atoms with Gasteiger partial charge in [0.15, 0.2) is 0 Å². The third-order valence-corrected chi connectivity index (χ3v) is 4.81. The summed E-state index contributed by atoms with van der Waals surface area (Å²) in [5.74, 6) is 0. The number of nitrogens with one attached hydrogen (secondary N) is 1. The lowest BCUT2D eigenvalue weighted by atomic mass is 10.2. The number of hydrogen-bond acceptors (Lipinski definition) is 4. The molecule has 0 radical (unpaired) electrons. The fourth-order valence-electron chi connectivity index (χ4n) is 2.48. The van der Waals surface area contributed by atoms with Crippen LogP contribution in [0.3, 0.4) is 0 Å². The van der Waals surface area contributed by atoms with Crippen LogP contribution in [0.1, 0.15) is 0 Å². The number of aromatic nitrogens is 2. The number of rotatable bonds is 2. The van der Waals surface area contributed by atoms with Gasteiger partial charge >= 0.3 is 0 Å². The summed E-state index contributed by atoms with van der Waals surface area (Å²) in [6, 6.07) is 6.04. The van der Waals surface area contributed by atoms with Gasteiger partial charge in [-0.1, -0.05) is 12.1 Å². The number of benzene rings is 1. The van der Waals surface area contributed by atoms with Crippen LogP contribution in [-0.2, 0) is 10.0 Å². The number of sulfonamides is 1. The first-order valence-electron chi connectivity index (χ1n) is 6.18. The highest BCUT2D eigenvalue weighted by Gasteiger charge is 2.24. The summed E-state index contributed by atoms with van der Waals surface area (Å²) < 4.78 is 24.5. The maximum atomic E-state index is 11.5. The molecule has 0 atom stereocenters. The lowest BCUT2D eigenvalue weighted by molar-refractivity contribution is 0.388. The van der Waals surface area contributed by atoms with E-state index in [4.69, 9.17) is 0 Å². The Kier molecular flexibility index (Phi) is 2.94. The van der Waals surface area contributed by atoms with Gasteiger partial charge < -0.3 is 4.90 Å². The van der Waals surface area contributed by atoms with Crippen LogP contribution >= 0.6 is 0 Å². The molecular weight excluding hydrogens is 264 g/mol. The smallest absolute Gasteiger partial charge is 0.211 e. The summed E-state index contributed by atoms with van der Waals surface area (Å²) in [5.41, 5.74) is 2.10. The van der Waals surface area contributed by atoms with Crippen LogP contribution in [0.2, 0.25) is 0 Å². The maximum absolute atomic E-state index is 11.5. The molecule has 1 fully saturated rings. The zero-order valence-corrected chi connectivity index (χ0v) is 11.5. The first-order chi connectivity index (χ1) is 9.05. The zero-order valence-electron chi connectivity index (χ0n) is 10.7. The van der Waals surface area contributed by atoms with Gasteiger partial charge in [0.2, 0.25) is 10.0 Å². The van der Waals surface area contributed by atoms with Gasteiger partial charge in [-0.05, 0) is 6.07 Å². The SMILES string of the molecule is CS(=O)(=O)N1CCN(c2cccc3cn[nH]c23)CC1. The Morgan fingerprint density at radius 1 is 1.21 bits per heavy atom. The third-order valence-electron chi connectivity index (χ3n) is 3.50. The summed E-state index contributed by atoms with van der Waals surface area (Å²) in [6.45, 7) is 2.46. The first kappa shape index (κ1) is 12.4. The molecule has 102 valence electrons. The molecule has 2 heterocycles. The van der Waals surface area contributed by atoms with Crippen molar-refractivity contribution in [2.45, 2.75) is 0 Å². The van der Waals surface area contributed by atoms with Crippen LogP contribution in [0.25, 0.3) is 10.9 Å². The lowest BCUT2D eigenvalue weighted by Gasteiger charge is -2.34. The van der Waals surface area contributed by atoms with Crippen molar-refractivity contribution < 1.29 is 8.42 Å². The second kappa shape index (κ2) is 4.50. The van der Waals surface area contributed by atoms with Crippen molar-refractivity contribution in [2.75, 3.05) is 37.3 Å². The molecule has 1 aromatic carbocycles. The fraction of sp³-hybridized carbons (Fsp3) is 0.417. The molecule has 19 heavy (non-hydrogen) atoms. The highest BCUT2D eigenvalue weighted by atomic mass is 32.2. The highest BCUT2D eigenvalue weighted by Crippen LogP contribution is 2.25. The van der Waals surface area contributed by atoms with Gasteiger partial charge in [0.1, 0.15) is 0 Å². The Bertz CT molecular complexity index is 687. The molecule has 1 saturated heterocycles. The van der Waals surface area contributed by atoms with Crippen LogP contribution in [-0.4, -0.2) is 55.4 Å². The molecule has 7 heteroatoms. The average molecular weight is 280 g/mol. The summed E-state index contributed by atoms with van der Waals surface area (Å²) in [4.78, 5) is 2.20. The number of piperazine rings is 1. The van der Waals surface area contributed by atoms with Crippen LogP contribution in [0.4, 0.5) is 5.69 Å². The number of fused-ring (bicyclic) bond motifs is 1. The molecular formula is C12H16N4O2S. The molecule has 1 aliphatic heterocycles. The second-order valence-electron chi connectivity index (χ2n) is 4.76. The molecule has 0 bridgehead atoms. The molecule has 6 nitrogen and oxygen atoms in total. The van der Waals surface area contributed by atoms with Gasteiger partial charge in [-0.15, -0.1) is 0 Å². The summed E-state index contributed by atoms with van der Waals surface area (Å²) >= 11 is 0. The molecule has 1 aliphatic rings. The maximum Gasteiger partial charge on any atom is 0.211 e. The van der Waals surface area contributed by atoms with E-state index in [0.29, 0.717) is 26.2 Å². The minimum absolute atomic E-state index is 0.531. The van der Waals surface area contributed by atoms with Crippen molar-refractivity contribution in [3.05, 3.63) is 24.4 Å².